The summed E-state index contributed by atoms with van der Waals surface area (Å²) in [5.74, 6) is 0.282. The Bertz CT molecular complexity index is 1250. The Kier molecular flexibility index (Phi) is 5.55. The average molecular weight is 447 g/mol. The van der Waals surface area contributed by atoms with Crippen molar-refractivity contribution < 1.29 is 13.9 Å². The first kappa shape index (κ1) is 20.2. The second-order valence-electron chi connectivity index (χ2n) is 7.11. The quantitative estimate of drug-likeness (QED) is 0.430. The van der Waals surface area contributed by atoms with E-state index in [1.165, 1.54) is 28.6 Å². The van der Waals surface area contributed by atoms with Crippen LogP contribution in [-0.4, -0.2) is 38.5 Å². The van der Waals surface area contributed by atoms with Crippen molar-refractivity contribution in [3.05, 3.63) is 90.2 Å². The molecule has 1 aliphatic rings. The van der Waals surface area contributed by atoms with Crippen molar-refractivity contribution in [2.45, 2.75) is 11.2 Å². The second kappa shape index (κ2) is 8.80. The number of nitrogens with zero attached hydrogens (tertiary/aromatic N) is 5. The lowest BCUT2D eigenvalue weighted by Gasteiger charge is -2.37. The van der Waals surface area contributed by atoms with E-state index in [0.29, 0.717) is 23.2 Å². The zero-order valence-electron chi connectivity index (χ0n) is 16.8. The molecule has 0 saturated carbocycles. The van der Waals surface area contributed by atoms with Gasteiger partial charge in [-0.05, 0) is 46.3 Å². The molecule has 3 aromatic carbocycles. The molecular weight excluding hydrogens is 429 g/mol. The van der Waals surface area contributed by atoms with E-state index >= 15 is 0 Å². The molecule has 1 atom stereocenters. The number of thioether (sulfide) groups is 1. The molecule has 0 spiro atoms. The SMILES string of the molecule is O=C(CSc1nnnn1-c1cccc(F)c1)N1c2ccccc2OC[C@H]1c1ccccc1. The first-order chi connectivity index (χ1) is 15.7. The fraction of sp³-hybridized carbons (Fsp3) is 0.130. The van der Waals surface area contributed by atoms with Crippen LogP contribution in [0.25, 0.3) is 5.69 Å². The monoisotopic (exact) mass is 447 g/mol. The summed E-state index contributed by atoms with van der Waals surface area (Å²) in [6.07, 6.45) is 0. The van der Waals surface area contributed by atoms with Crippen molar-refractivity contribution in [2.24, 2.45) is 0 Å². The Balaban J connectivity index is 1.41. The Morgan fingerprint density at radius 3 is 2.72 bits per heavy atom. The molecule has 4 aromatic rings. The van der Waals surface area contributed by atoms with E-state index in [-0.39, 0.29) is 23.5 Å². The number of hydrogen-bond donors (Lipinski definition) is 0. The van der Waals surface area contributed by atoms with Crippen LogP contribution >= 0.6 is 11.8 Å². The molecule has 0 bridgehead atoms. The number of aromatic nitrogens is 4. The van der Waals surface area contributed by atoms with E-state index in [9.17, 15) is 9.18 Å². The van der Waals surface area contributed by atoms with Gasteiger partial charge in [0.15, 0.2) is 0 Å². The number of halogens is 1. The smallest absolute Gasteiger partial charge is 0.238 e. The summed E-state index contributed by atoms with van der Waals surface area (Å²) in [6, 6.07) is 23.0. The number of amides is 1. The number of tetrazole rings is 1. The van der Waals surface area contributed by atoms with Crippen LogP contribution in [0.15, 0.2) is 84.0 Å². The Labute approximate surface area is 187 Å². The topological polar surface area (TPSA) is 73.1 Å². The van der Waals surface area contributed by atoms with E-state index in [1.54, 1.807) is 17.0 Å². The highest BCUT2D eigenvalue weighted by atomic mass is 32.2. The summed E-state index contributed by atoms with van der Waals surface area (Å²) in [7, 11) is 0. The number of carbonyl (C=O) groups is 1. The third-order valence-electron chi connectivity index (χ3n) is 5.10. The van der Waals surface area contributed by atoms with Crippen molar-refractivity contribution in [3.8, 4) is 11.4 Å². The summed E-state index contributed by atoms with van der Waals surface area (Å²) in [6.45, 7) is 0.360. The molecular formula is C23H18FN5O2S. The van der Waals surface area contributed by atoms with E-state index in [1.807, 2.05) is 54.6 Å². The molecule has 0 aliphatic carbocycles. The summed E-state index contributed by atoms with van der Waals surface area (Å²) < 4.78 is 21.0. The van der Waals surface area contributed by atoms with Gasteiger partial charge >= 0.3 is 0 Å². The third kappa shape index (κ3) is 3.94. The summed E-state index contributed by atoms with van der Waals surface area (Å²) in [5.41, 5.74) is 2.21. The zero-order chi connectivity index (χ0) is 21.9. The van der Waals surface area contributed by atoms with Crippen LogP contribution in [0.1, 0.15) is 11.6 Å². The number of para-hydroxylation sites is 2. The third-order valence-corrected chi connectivity index (χ3v) is 6.01. The Hall–Kier alpha value is -3.72. The maximum atomic E-state index is 13.6. The number of anilines is 1. The number of benzene rings is 3. The molecule has 0 saturated heterocycles. The molecule has 32 heavy (non-hydrogen) atoms. The van der Waals surface area contributed by atoms with Gasteiger partial charge in [0.05, 0.1) is 23.2 Å². The fourth-order valence-electron chi connectivity index (χ4n) is 3.65. The van der Waals surface area contributed by atoms with Gasteiger partial charge in [0.25, 0.3) is 0 Å². The van der Waals surface area contributed by atoms with E-state index in [4.69, 9.17) is 4.74 Å². The van der Waals surface area contributed by atoms with Gasteiger partial charge in [-0.1, -0.05) is 60.3 Å². The van der Waals surface area contributed by atoms with Gasteiger partial charge in [-0.25, -0.2) is 4.39 Å². The van der Waals surface area contributed by atoms with Gasteiger partial charge in [-0.15, -0.1) is 5.10 Å². The Morgan fingerprint density at radius 2 is 1.88 bits per heavy atom. The molecule has 0 fully saturated rings. The molecule has 0 radical (unpaired) electrons. The molecule has 2 heterocycles. The number of rotatable bonds is 5. The summed E-state index contributed by atoms with van der Waals surface area (Å²) in [5, 5.41) is 12.0. The van der Waals surface area contributed by atoms with Crippen molar-refractivity contribution in [1.29, 1.82) is 0 Å². The van der Waals surface area contributed by atoms with E-state index in [0.717, 1.165) is 11.3 Å². The molecule has 1 aliphatic heterocycles. The standard InChI is InChI=1S/C23H18FN5O2S/c24-17-9-6-10-18(13-17)29-23(25-26-27-29)32-15-22(30)28-19-11-4-5-12-21(19)31-14-20(28)16-7-2-1-3-8-16/h1-13,20H,14-15H2/t20-/m0/s1. The summed E-state index contributed by atoms with van der Waals surface area (Å²) >= 11 is 1.20. The van der Waals surface area contributed by atoms with Crippen LogP contribution in [-0.2, 0) is 4.79 Å². The lowest BCUT2D eigenvalue weighted by Crippen LogP contribution is -2.42. The molecule has 9 heteroatoms. The van der Waals surface area contributed by atoms with Crippen LogP contribution in [0.3, 0.4) is 0 Å². The van der Waals surface area contributed by atoms with Crippen LogP contribution in [0, 0.1) is 5.82 Å². The van der Waals surface area contributed by atoms with Gasteiger partial charge in [-0.2, -0.15) is 4.68 Å². The minimum Gasteiger partial charge on any atom is -0.489 e. The van der Waals surface area contributed by atoms with Crippen molar-refractivity contribution >= 4 is 23.4 Å². The first-order valence-corrected chi connectivity index (χ1v) is 11.0. The minimum atomic E-state index is -0.388. The highest BCUT2D eigenvalue weighted by Crippen LogP contribution is 2.39. The van der Waals surface area contributed by atoms with Crippen LogP contribution in [0.5, 0.6) is 5.75 Å². The number of hydrogen-bond acceptors (Lipinski definition) is 6. The fourth-order valence-corrected chi connectivity index (χ4v) is 4.40. The molecule has 1 aromatic heterocycles. The van der Waals surface area contributed by atoms with Gasteiger partial charge in [-0.3, -0.25) is 9.69 Å². The van der Waals surface area contributed by atoms with Gasteiger partial charge < -0.3 is 4.74 Å². The highest BCUT2D eigenvalue weighted by Gasteiger charge is 2.33. The maximum Gasteiger partial charge on any atom is 0.238 e. The molecule has 5 rings (SSSR count). The average Bonchev–Trinajstić information content (AvgIpc) is 3.31. The number of carbonyl (C=O) groups excluding carboxylic acids is 1. The lowest BCUT2D eigenvalue weighted by molar-refractivity contribution is -0.117. The van der Waals surface area contributed by atoms with E-state index < -0.39 is 0 Å². The zero-order valence-corrected chi connectivity index (χ0v) is 17.7. The lowest BCUT2D eigenvalue weighted by atomic mass is 10.0. The molecule has 7 nitrogen and oxygen atoms in total. The van der Waals surface area contributed by atoms with E-state index in [2.05, 4.69) is 15.5 Å². The number of ether oxygens (including phenoxy) is 1. The normalized spacial score (nSPS) is 15.2. The Morgan fingerprint density at radius 1 is 1.06 bits per heavy atom. The highest BCUT2D eigenvalue weighted by molar-refractivity contribution is 7.99. The van der Waals surface area contributed by atoms with Crippen molar-refractivity contribution in [1.82, 2.24) is 20.2 Å². The van der Waals surface area contributed by atoms with Crippen LogP contribution in [0.2, 0.25) is 0 Å². The molecule has 160 valence electrons. The molecule has 0 N–H and O–H groups in total. The molecule has 0 unspecified atom stereocenters. The first-order valence-electron chi connectivity index (χ1n) is 9.96. The predicted molar refractivity (Wildman–Crippen MR) is 118 cm³/mol. The largest absolute Gasteiger partial charge is 0.489 e. The van der Waals surface area contributed by atoms with Crippen molar-refractivity contribution in [2.75, 3.05) is 17.3 Å². The minimum absolute atomic E-state index is 0.103. The second-order valence-corrected chi connectivity index (χ2v) is 8.05. The van der Waals surface area contributed by atoms with Gasteiger partial charge in [0.1, 0.15) is 18.2 Å². The van der Waals surface area contributed by atoms with Crippen LogP contribution < -0.4 is 9.64 Å². The number of fused-ring (bicyclic) bond motifs is 1. The van der Waals surface area contributed by atoms with Crippen LogP contribution in [0.4, 0.5) is 10.1 Å². The van der Waals surface area contributed by atoms with Crippen molar-refractivity contribution in [3.63, 3.8) is 0 Å². The predicted octanol–water partition coefficient (Wildman–Crippen LogP) is 4.06. The molecule has 1 amide bonds. The van der Waals surface area contributed by atoms with Gasteiger partial charge in [0.2, 0.25) is 11.1 Å². The summed E-state index contributed by atoms with van der Waals surface area (Å²) in [4.78, 5) is 15.2. The maximum absolute atomic E-state index is 13.6. The van der Waals surface area contributed by atoms with Gasteiger partial charge in [0, 0.05) is 0 Å².